The van der Waals surface area contributed by atoms with Crippen molar-refractivity contribution in [2.45, 2.75) is 19.7 Å². The molecule has 0 heterocycles. The number of anilines is 1. The van der Waals surface area contributed by atoms with Crippen LogP contribution in [0.15, 0.2) is 66.7 Å². The lowest BCUT2D eigenvalue weighted by atomic mass is 9.98. The molecule has 0 spiro atoms. The lowest BCUT2D eigenvalue weighted by Gasteiger charge is -2.13. The van der Waals surface area contributed by atoms with Gasteiger partial charge < -0.3 is 15.5 Å². The molecule has 1 amide bonds. The van der Waals surface area contributed by atoms with E-state index < -0.39 is 6.67 Å². The minimum absolute atomic E-state index is 0.0396. The van der Waals surface area contributed by atoms with Crippen molar-refractivity contribution in [1.82, 2.24) is 0 Å². The summed E-state index contributed by atoms with van der Waals surface area (Å²) in [4.78, 5) is 12.9. The Hall–Kier alpha value is -3.02. The third-order valence-electron chi connectivity index (χ3n) is 4.61. The van der Waals surface area contributed by atoms with Crippen LogP contribution in [0.2, 0.25) is 0 Å². The second-order valence-electron chi connectivity index (χ2n) is 6.45. The summed E-state index contributed by atoms with van der Waals surface area (Å²) in [6, 6.07) is 19.5. The summed E-state index contributed by atoms with van der Waals surface area (Å²) in [5.74, 6) is -0.267. The van der Waals surface area contributed by atoms with Crippen LogP contribution >= 0.6 is 0 Å². The third kappa shape index (κ3) is 4.44. The Labute approximate surface area is 163 Å². The fraction of sp³-hybridized carbons (Fsp3) is 0.174. The monoisotopic (exact) mass is 379 g/mol. The third-order valence-corrected chi connectivity index (χ3v) is 4.61. The normalized spacial score (nSPS) is 10.7. The van der Waals surface area contributed by atoms with E-state index in [1.54, 1.807) is 54.6 Å². The molecule has 5 heteroatoms. The minimum Gasteiger partial charge on any atom is -0.396 e. The first kappa shape index (κ1) is 19.7. The van der Waals surface area contributed by atoms with E-state index in [0.29, 0.717) is 23.2 Å². The number of aliphatic hydroxyl groups excluding tert-OH is 2. The highest BCUT2D eigenvalue weighted by Crippen LogP contribution is 2.26. The average molecular weight is 379 g/mol. The number of benzene rings is 3. The Morgan fingerprint density at radius 3 is 2.36 bits per heavy atom. The van der Waals surface area contributed by atoms with Crippen LogP contribution in [0.25, 0.3) is 11.1 Å². The van der Waals surface area contributed by atoms with Crippen LogP contribution in [-0.4, -0.2) is 22.7 Å². The first-order chi connectivity index (χ1) is 13.7. The van der Waals surface area contributed by atoms with Gasteiger partial charge in [-0.05, 0) is 52.4 Å². The Balaban J connectivity index is 1.88. The lowest BCUT2D eigenvalue weighted by molar-refractivity contribution is 0.102. The van der Waals surface area contributed by atoms with E-state index in [1.165, 1.54) is 0 Å². The van der Waals surface area contributed by atoms with E-state index in [9.17, 15) is 19.4 Å². The van der Waals surface area contributed by atoms with Gasteiger partial charge in [0, 0.05) is 17.9 Å². The molecule has 0 saturated carbocycles. The second kappa shape index (κ2) is 9.26. The number of hydrogen-bond acceptors (Lipinski definition) is 3. The molecule has 144 valence electrons. The molecule has 0 fully saturated rings. The molecule has 28 heavy (non-hydrogen) atoms. The summed E-state index contributed by atoms with van der Waals surface area (Å²) in [5, 5.41) is 21.5. The van der Waals surface area contributed by atoms with Crippen molar-refractivity contribution in [3.8, 4) is 11.1 Å². The van der Waals surface area contributed by atoms with Crippen molar-refractivity contribution in [2.24, 2.45) is 0 Å². The Kier molecular flexibility index (Phi) is 6.53. The zero-order valence-corrected chi connectivity index (χ0v) is 15.4. The van der Waals surface area contributed by atoms with Crippen LogP contribution < -0.4 is 5.32 Å². The maximum absolute atomic E-state index is 12.9. The van der Waals surface area contributed by atoms with E-state index in [-0.39, 0.29) is 19.1 Å². The fourth-order valence-electron chi connectivity index (χ4n) is 3.12. The predicted octanol–water partition coefficient (Wildman–Crippen LogP) is 4.10. The zero-order chi connectivity index (χ0) is 19.9. The molecule has 0 aliphatic heterocycles. The summed E-state index contributed by atoms with van der Waals surface area (Å²) in [6.45, 7) is -0.689. The minimum atomic E-state index is -0.525. The van der Waals surface area contributed by atoms with E-state index in [2.05, 4.69) is 5.32 Å². The van der Waals surface area contributed by atoms with E-state index in [4.69, 9.17) is 0 Å². The standard InChI is InChI=1S/C23H22FNO3/c24-14-16-5-7-17(8-6-16)21-3-1-2-4-22(21)23(28)25-20-10-9-19(15-27)18(13-20)11-12-26/h1-10,13,26-27H,11-12,14-15H2,(H,25,28). The van der Waals surface area contributed by atoms with Crippen LogP contribution in [0.1, 0.15) is 27.0 Å². The smallest absolute Gasteiger partial charge is 0.256 e. The highest BCUT2D eigenvalue weighted by atomic mass is 19.1. The number of alkyl halides is 1. The van der Waals surface area contributed by atoms with Crippen molar-refractivity contribution in [2.75, 3.05) is 11.9 Å². The van der Waals surface area contributed by atoms with Crippen LogP contribution in [0, 0.1) is 0 Å². The SMILES string of the molecule is O=C(Nc1ccc(CO)c(CCO)c1)c1ccccc1-c1ccc(CF)cc1. The number of amides is 1. The van der Waals surface area contributed by atoms with Crippen molar-refractivity contribution in [3.05, 3.63) is 89.0 Å². The zero-order valence-electron chi connectivity index (χ0n) is 15.4. The molecule has 0 unspecified atom stereocenters. The van der Waals surface area contributed by atoms with Crippen molar-refractivity contribution < 1.29 is 19.4 Å². The van der Waals surface area contributed by atoms with Gasteiger partial charge in [-0.2, -0.15) is 0 Å². The van der Waals surface area contributed by atoms with Crippen LogP contribution in [0.4, 0.5) is 10.1 Å². The van der Waals surface area contributed by atoms with Crippen molar-refractivity contribution in [1.29, 1.82) is 0 Å². The largest absolute Gasteiger partial charge is 0.396 e. The van der Waals surface area contributed by atoms with Gasteiger partial charge in [-0.3, -0.25) is 4.79 Å². The molecule has 0 saturated heterocycles. The number of aliphatic hydroxyl groups is 2. The first-order valence-electron chi connectivity index (χ1n) is 9.05. The van der Waals surface area contributed by atoms with Gasteiger partial charge in [0.15, 0.2) is 0 Å². The molecule has 3 rings (SSSR count). The molecule has 0 atom stereocenters. The Morgan fingerprint density at radius 1 is 0.929 bits per heavy atom. The molecule has 0 bridgehead atoms. The second-order valence-corrected chi connectivity index (χ2v) is 6.45. The number of carbonyl (C=O) groups excluding carboxylic acids is 1. The predicted molar refractivity (Wildman–Crippen MR) is 108 cm³/mol. The van der Waals surface area contributed by atoms with Gasteiger partial charge in [0.1, 0.15) is 6.67 Å². The van der Waals surface area contributed by atoms with Crippen molar-refractivity contribution in [3.63, 3.8) is 0 Å². The molecule has 0 aliphatic carbocycles. The maximum atomic E-state index is 12.9. The Bertz CT molecular complexity index is 954. The van der Waals surface area contributed by atoms with E-state index in [1.807, 2.05) is 12.1 Å². The summed E-state index contributed by atoms with van der Waals surface area (Å²) in [6.07, 6.45) is 0.400. The lowest BCUT2D eigenvalue weighted by Crippen LogP contribution is -2.13. The van der Waals surface area contributed by atoms with Crippen LogP contribution in [0.5, 0.6) is 0 Å². The highest BCUT2D eigenvalue weighted by molar-refractivity contribution is 6.08. The maximum Gasteiger partial charge on any atom is 0.256 e. The average Bonchev–Trinajstić information content (AvgIpc) is 2.74. The van der Waals surface area contributed by atoms with E-state index in [0.717, 1.165) is 22.3 Å². The summed E-state index contributed by atoms with van der Waals surface area (Å²) in [5.41, 5.74) is 4.79. The molecule has 4 nitrogen and oxygen atoms in total. The topological polar surface area (TPSA) is 69.6 Å². The van der Waals surface area contributed by atoms with Gasteiger partial charge in [0.2, 0.25) is 0 Å². The quantitative estimate of drug-likeness (QED) is 0.579. The first-order valence-corrected chi connectivity index (χ1v) is 9.05. The molecular weight excluding hydrogens is 357 g/mol. The fourth-order valence-corrected chi connectivity index (χ4v) is 3.12. The van der Waals surface area contributed by atoms with Gasteiger partial charge in [-0.25, -0.2) is 4.39 Å². The number of carbonyl (C=O) groups is 1. The van der Waals surface area contributed by atoms with Gasteiger partial charge in [0.25, 0.3) is 5.91 Å². The number of hydrogen-bond donors (Lipinski definition) is 3. The molecular formula is C23H22FNO3. The molecule has 3 aromatic rings. The molecule has 0 radical (unpaired) electrons. The van der Waals surface area contributed by atoms with Crippen molar-refractivity contribution >= 4 is 11.6 Å². The van der Waals surface area contributed by atoms with Crippen LogP contribution in [-0.2, 0) is 19.7 Å². The molecule has 0 aromatic heterocycles. The van der Waals surface area contributed by atoms with Gasteiger partial charge >= 0.3 is 0 Å². The number of nitrogens with one attached hydrogen (secondary N) is 1. The molecule has 3 aromatic carbocycles. The Morgan fingerprint density at radius 2 is 1.68 bits per heavy atom. The van der Waals surface area contributed by atoms with E-state index >= 15 is 0 Å². The van der Waals surface area contributed by atoms with Gasteiger partial charge in [-0.15, -0.1) is 0 Å². The highest BCUT2D eigenvalue weighted by Gasteiger charge is 2.13. The number of halogens is 1. The molecule has 0 aliphatic rings. The van der Waals surface area contributed by atoms with Gasteiger partial charge in [0.05, 0.1) is 6.61 Å². The van der Waals surface area contributed by atoms with Gasteiger partial charge in [-0.1, -0.05) is 48.5 Å². The summed E-state index contributed by atoms with van der Waals surface area (Å²) in [7, 11) is 0. The summed E-state index contributed by atoms with van der Waals surface area (Å²) < 4.78 is 12.8. The number of rotatable bonds is 7. The molecule has 3 N–H and O–H groups in total. The van der Waals surface area contributed by atoms with Crippen LogP contribution in [0.3, 0.4) is 0 Å². The summed E-state index contributed by atoms with van der Waals surface area (Å²) >= 11 is 0.